The number of rotatable bonds is 7. The summed E-state index contributed by atoms with van der Waals surface area (Å²) in [7, 11) is 0. The summed E-state index contributed by atoms with van der Waals surface area (Å²) in [4.78, 5) is 34.9. The molecule has 0 aliphatic rings. The van der Waals surface area contributed by atoms with Crippen LogP contribution >= 0.6 is 0 Å². The third kappa shape index (κ3) is 4.72. The summed E-state index contributed by atoms with van der Waals surface area (Å²) in [5.74, 6) is 0.700. The van der Waals surface area contributed by atoms with Gasteiger partial charge in [-0.1, -0.05) is 81.4 Å². The van der Waals surface area contributed by atoms with Gasteiger partial charge in [0.15, 0.2) is 0 Å². The number of amides is 1. The Morgan fingerprint density at radius 2 is 1.50 bits per heavy atom. The van der Waals surface area contributed by atoms with Crippen molar-refractivity contribution in [1.29, 1.82) is 0 Å². The predicted molar refractivity (Wildman–Crippen MR) is 155 cm³/mol. The molecule has 0 saturated heterocycles. The van der Waals surface area contributed by atoms with Gasteiger partial charge in [0.05, 0.1) is 22.6 Å². The summed E-state index contributed by atoms with van der Waals surface area (Å²) >= 11 is 0. The van der Waals surface area contributed by atoms with E-state index in [9.17, 15) is 9.59 Å². The molecule has 0 bridgehead atoms. The lowest BCUT2D eigenvalue weighted by molar-refractivity contribution is 0.0657. The highest BCUT2D eigenvalue weighted by Crippen LogP contribution is 2.28. The number of para-hydroxylation sites is 1. The summed E-state index contributed by atoms with van der Waals surface area (Å²) < 4.78 is 1.68. The smallest absolute Gasteiger partial charge is 0.266 e. The number of hydrogen-bond acceptors (Lipinski definition) is 3. The van der Waals surface area contributed by atoms with Gasteiger partial charge in [-0.05, 0) is 65.9 Å². The van der Waals surface area contributed by atoms with Crippen LogP contribution in [0, 0.1) is 5.92 Å². The van der Waals surface area contributed by atoms with Crippen molar-refractivity contribution in [3.63, 3.8) is 0 Å². The second kappa shape index (κ2) is 10.6. The van der Waals surface area contributed by atoms with Crippen LogP contribution in [0.1, 0.15) is 55.5 Å². The van der Waals surface area contributed by atoms with Crippen LogP contribution in [0.25, 0.3) is 27.4 Å². The zero-order valence-corrected chi connectivity index (χ0v) is 22.4. The zero-order valence-electron chi connectivity index (χ0n) is 22.4. The Morgan fingerprint density at radius 1 is 0.842 bits per heavy atom. The lowest BCUT2D eigenvalue weighted by Gasteiger charge is -2.32. The van der Waals surface area contributed by atoms with Crippen molar-refractivity contribution in [3.8, 4) is 5.69 Å². The first kappa shape index (κ1) is 25.4. The largest absolute Gasteiger partial charge is 0.328 e. The highest BCUT2D eigenvalue weighted by Gasteiger charge is 2.29. The first-order valence-corrected chi connectivity index (χ1v) is 13.3. The Kier molecular flexibility index (Phi) is 7.10. The molecule has 0 aliphatic heterocycles. The maximum atomic E-state index is 14.2. The van der Waals surface area contributed by atoms with Crippen LogP contribution in [0.15, 0.2) is 95.8 Å². The van der Waals surface area contributed by atoms with Gasteiger partial charge in [0.2, 0.25) is 0 Å². The van der Waals surface area contributed by atoms with Crippen molar-refractivity contribution in [3.05, 3.63) is 118 Å². The molecule has 1 heterocycles. The molecule has 38 heavy (non-hydrogen) atoms. The first-order valence-electron chi connectivity index (χ1n) is 13.3. The quantitative estimate of drug-likeness (QED) is 0.241. The number of benzene rings is 4. The molecule has 5 heteroatoms. The van der Waals surface area contributed by atoms with Gasteiger partial charge >= 0.3 is 0 Å². The number of carbonyl (C=O) groups is 1. The van der Waals surface area contributed by atoms with E-state index in [1.807, 2.05) is 103 Å². The van der Waals surface area contributed by atoms with Gasteiger partial charge in [-0.3, -0.25) is 14.2 Å². The molecule has 5 aromatic rings. The monoisotopic (exact) mass is 503 g/mol. The molecule has 1 unspecified atom stereocenters. The topological polar surface area (TPSA) is 55.2 Å². The molecule has 0 radical (unpaired) electrons. The third-order valence-corrected chi connectivity index (χ3v) is 7.09. The van der Waals surface area contributed by atoms with E-state index in [2.05, 4.69) is 20.8 Å². The standard InChI is InChI=1S/C33H33N3O2/c1-5-24-17-19-26(20-18-24)36-31(34-30-16-9-8-14-29(30)33(36)38)23(4)35(21-22(2)3)32(37)28-15-10-12-25-11-6-7-13-27(25)28/h6-20,22-23H,5,21H2,1-4H3. The Bertz CT molecular complexity index is 1660. The van der Waals surface area contributed by atoms with Crippen LogP contribution in [0.2, 0.25) is 0 Å². The van der Waals surface area contributed by atoms with Crippen LogP contribution in [0.4, 0.5) is 0 Å². The van der Waals surface area contributed by atoms with Gasteiger partial charge in [0.25, 0.3) is 11.5 Å². The van der Waals surface area contributed by atoms with Crippen molar-refractivity contribution in [2.75, 3.05) is 6.54 Å². The highest BCUT2D eigenvalue weighted by atomic mass is 16.2. The molecule has 4 aromatic carbocycles. The molecule has 0 spiro atoms. The second-order valence-corrected chi connectivity index (χ2v) is 10.2. The minimum Gasteiger partial charge on any atom is -0.328 e. The second-order valence-electron chi connectivity index (χ2n) is 10.2. The Morgan fingerprint density at radius 3 is 2.21 bits per heavy atom. The molecule has 0 aliphatic carbocycles. The van der Waals surface area contributed by atoms with Gasteiger partial charge in [-0.25, -0.2) is 4.98 Å². The number of carbonyl (C=O) groups excluding carboxylic acids is 1. The molecule has 5 rings (SSSR count). The molecule has 0 N–H and O–H groups in total. The molecule has 1 amide bonds. The van der Waals surface area contributed by atoms with Crippen molar-refractivity contribution in [1.82, 2.24) is 14.5 Å². The predicted octanol–water partition coefficient (Wildman–Crippen LogP) is 6.96. The lowest BCUT2D eigenvalue weighted by atomic mass is 10.0. The van der Waals surface area contributed by atoms with Gasteiger partial charge in [0, 0.05) is 12.1 Å². The molecule has 0 saturated carbocycles. The van der Waals surface area contributed by atoms with Crippen molar-refractivity contribution in [2.24, 2.45) is 5.92 Å². The zero-order chi connectivity index (χ0) is 26.8. The van der Waals surface area contributed by atoms with Crippen molar-refractivity contribution in [2.45, 2.75) is 40.2 Å². The maximum absolute atomic E-state index is 14.2. The van der Waals surface area contributed by atoms with Gasteiger partial charge in [0.1, 0.15) is 5.82 Å². The van der Waals surface area contributed by atoms with E-state index in [4.69, 9.17) is 4.98 Å². The van der Waals surface area contributed by atoms with E-state index in [-0.39, 0.29) is 17.4 Å². The van der Waals surface area contributed by atoms with Gasteiger partial charge in [-0.15, -0.1) is 0 Å². The average molecular weight is 504 g/mol. The number of fused-ring (bicyclic) bond motifs is 2. The number of hydrogen-bond donors (Lipinski definition) is 0. The van der Waals surface area contributed by atoms with E-state index < -0.39 is 6.04 Å². The first-order chi connectivity index (χ1) is 18.4. The van der Waals surface area contributed by atoms with Gasteiger partial charge < -0.3 is 4.90 Å². The molecule has 192 valence electrons. The molecule has 1 atom stereocenters. The van der Waals surface area contributed by atoms with E-state index in [1.165, 1.54) is 5.56 Å². The van der Waals surface area contributed by atoms with E-state index in [0.29, 0.717) is 28.8 Å². The molecule has 5 nitrogen and oxygen atoms in total. The van der Waals surface area contributed by atoms with Crippen LogP contribution in [0.3, 0.4) is 0 Å². The summed E-state index contributed by atoms with van der Waals surface area (Å²) in [6.07, 6.45) is 0.913. The normalized spacial score (nSPS) is 12.2. The number of aromatic nitrogens is 2. The number of nitrogens with zero attached hydrogens (tertiary/aromatic N) is 3. The van der Waals surface area contributed by atoms with Crippen molar-refractivity contribution < 1.29 is 4.79 Å². The average Bonchev–Trinajstić information content (AvgIpc) is 2.95. The minimum atomic E-state index is -0.452. The SMILES string of the molecule is CCc1ccc(-n2c(C(C)N(CC(C)C)C(=O)c3cccc4ccccc34)nc3ccccc3c2=O)cc1. The maximum Gasteiger partial charge on any atom is 0.266 e. The Hall–Kier alpha value is -4.25. The highest BCUT2D eigenvalue weighted by molar-refractivity contribution is 6.07. The van der Waals surface area contributed by atoms with Crippen LogP contribution in [-0.2, 0) is 6.42 Å². The summed E-state index contributed by atoms with van der Waals surface area (Å²) in [5, 5.41) is 2.49. The van der Waals surface area contributed by atoms with Gasteiger partial charge in [-0.2, -0.15) is 0 Å². The summed E-state index contributed by atoms with van der Waals surface area (Å²) in [5.41, 5.74) is 3.08. The number of aryl methyl sites for hydroxylation is 1. The molecular weight excluding hydrogens is 470 g/mol. The minimum absolute atomic E-state index is 0.0710. The van der Waals surface area contributed by atoms with Crippen LogP contribution in [0.5, 0.6) is 0 Å². The van der Waals surface area contributed by atoms with Crippen LogP contribution < -0.4 is 5.56 Å². The van der Waals surface area contributed by atoms with E-state index in [1.54, 1.807) is 4.57 Å². The molecule has 1 aromatic heterocycles. The Labute approximate surface area is 223 Å². The Balaban J connectivity index is 1.70. The van der Waals surface area contributed by atoms with E-state index in [0.717, 1.165) is 22.9 Å². The third-order valence-electron chi connectivity index (χ3n) is 7.09. The molecule has 0 fully saturated rings. The fourth-order valence-electron chi connectivity index (χ4n) is 5.08. The fourth-order valence-corrected chi connectivity index (χ4v) is 5.08. The van der Waals surface area contributed by atoms with E-state index >= 15 is 0 Å². The van der Waals surface area contributed by atoms with Crippen LogP contribution in [-0.4, -0.2) is 26.9 Å². The summed E-state index contributed by atoms with van der Waals surface area (Å²) in [6, 6.07) is 28.7. The van der Waals surface area contributed by atoms with Crippen molar-refractivity contribution >= 4 is 27.6 Å². The summed E-state index contributed by atoms with van der Waals surface area (Å²) in [6.45, 7) is 8.80. The fraction of sp³-hybridized carbons (Fsp3) is 0.242. The molecular formula is C33H33N3O2. The lowest BCUT2D eigenvalue weighted by Crippen LogP contribution is -2.39.